The first-order valence-corrected chi connectivity index (χ1v) is 12.8. The van der Waals surface area contributed by atoms with E-state index in [2.05, 4.69) is 36.2 Å². The summed E-state index contributed by atoms with van der Waals surface area (Å²) in [4.78, 5) is 16.7. The third-order valence-electron chi connectivity index (χ3n) is 7.06. The van der Waals surface area contributed by atoms with Crippen LogP contribution in [0.1, 0.15) is 93.0 Å². The van der Waals surface area contributed by atoms with Gasteiger partial charge in [0.2, 0.25) is 0 Å². The topological polar surface area (TPSA) is 51.3 Å². The normalized spacial score (nSPS) is 19.7. The van der Waals surface area contributed by atoms with Gasteiger partial charge in [-0.3, -0.25) is 4.79 Å². The summed E-state index contributed by atoms with van der Waals surface area (Å²) in [5.41, 5.74) is 4.94. The standard InChI is InChI=1S/C28H39NO3/c1-2-8-21-12-14-22(15-13-21)16-17-25-28(23-9-4-3-5-10-23)26(30)19-27(29-25)32-20-24-11-6-7-18-31-24/h12-15,19,23-24H,2-11,16-18,20H2,1H3,(H,29,30). The first-order valence-electron chi connectivity index (χ1n) is 12.8. The molecule has 4 rings (SSSR count). The van der Waals surface area contributed by atoms with Crippen molar-refractivity contribution in [1.82, 2.24) is 4.98 Å². The molecule has 0 bridgehead atoms. The number of hydrogen-bond donors (Lipinski definition) is 1. The molecule has 4 heteroatoms. The molecule has 32 heavy (non-hydrogen) atoms. The van der Waals surface area contributed by atoms with Gasteiger partial charge in [-0.05, 0) is 68.4 Å². The lowest BCUT2D eigenvalue weighted by Gasteiger charge is -2.25. The fourth-order valence-electron chi connectivity index (χ4n) is 5.26. The minimum atomic E-state index is 0.135. The molecule has 1 saturated carbocycles. The van der Waals surface area contributed by atoms with Gasteiger partial charge >= 0.3 is 0 Å². The highest BCUT2D eigenvalue weighted by Gasteiger charge is 2.23. The van der Waals surface area contributed by atoms with Gasteiger partial charge in [-0.2, -0.15) is 0 Å². The van der Waals surface area contributed by atoms with Crippen LogP contribution in [0.5, 0.6) is 5.88 Å². The van der Waals surface area contributed by atoms with E-state index < -0.39 is 0 Å². The lowest BCUT2D eigenvalue weighted by atomic mass is 9.82. The van der Waals surface area contributed by atoms with Gasteiger partial charge in [-0.1, -0.05) is 56.9 Å². The van der Waals surface area contributed by atoms with Crippen molar-refractivity contribution < 1.29 is 9.47 Å². The molecule has 1 N–H and O–H groups in total. The van der Waals surface area contributed by atoms with Gasteiger partial charge in [0.05, 0.1) is 6.10 Å². The van der Waals surface area contributed by atoms with E-state index >= 15 is 0 Å². The number of nitrogens with one attached hydrogen (secondary N) is 1. The van der Waals surface area contributed by atoms with E-state index in [0.29, 0.717) is 18.4 Å². The van der Waals surface area contributed by atoms with E-state index in [-0.39, 0.29) is 11.5 Å². The van der Waals surface area contributed by atoms with Crippen molar-refractivity contribution in [3.63, 3.8) is 0 Å². The van der Waals surface area contributed by atoms with Crippen LogP contribution in [-0.4, -0.2) is 24.3 Å². The summed E-state index contributed by atoms with van der Waals surface area (Å²) >= 11 is 0. The summed E-state index contributed by atoms with van der Waals surface area (Å²) in [5.74, 6) is 0.974. The fraction of sp³-hybridized carbons (Fsp3) is 0.607. The molecule has 0 radical (unpaired) electrons. The highest BCUT2D eigenvalue weighted by Crippen LogP contribution is 2.33. The molecule has 2 aliphatic rings. The molecular formula is C28H39NO3. The van der Waals surface area contributed by atoms with Gasteiger partial charge in [0.1, 0.15) is 6.61 Å². The van der Waals surface area contributed by atoms with Crippen LogP contribution in [0.3, 0.4) is 0 Å². The summed E-state index contributed by atoms with van der Waals surface area (Å²) in [5, 5.41) is 0. The first-order chi connectivity index (χ1) is 15.7. The van der Waals surface area contributed by atoms with Gasteiger partial charge in [-0.15, -0.1) is 0 Å². The largest absolute Gasteiger partial charge is 0.476 e. The molecule has 2 heterocycles. The Kier molecular flexibility index (Phi) is 8.44. The Balaban J connectivity index is 1.50. The van der Waals surface area contributed by atoms with Gasteiger partial charge in [0.25, 0.3) is 0 Å². The Morgan fingerprint density at radius 2 is 1.66 bits per heavy atom. The van der Waals surface area contributed by atoms with Crippen LogP contribution >= 0.6 is 0 Å². The molecule has 1 atom stereocenters. The van der Waals surface area contributed by atoms with Crippen molar-refractivity contribution in [2.75, 3.05) is 13.2 Å². The Bertz CT molecular complexity index is 890. The third-order valence-corrected chi connectivity index (χ3v) is 7.06. The van der Waals surface area contributed by atoms with Crippen LogP contribution in [0, 0.1) is 0 Å². The van der Waals surface area contributed by atoms with E-state index in [1.165, 1.54) is 43.2 Å². The monoisotopic (exact) mass is 437 g/mol. The number of aromatic amines is 1. The minimum Gasteiger partial charge on any atom is -0.476 e. The SMILES string of the molecule is CCCc1ccc(CCc2[nH]c(OCC3CCCCO3)cc(=O)c2C2CCCCC2)cc1. The highest BCUT2D eigenvalue weighted by molar-refractivity contribution is 5.31. The molecular weight excluding hydrogens is 398 g/mol. The number of benzene rings is 1. The fourth-order valence-corrected chi connectivity index (χ4v) is 5.26. The van der Waals surface area contributed by atoms with Crippen LogP contribution in [0.25, 0.3) is 0 Å². The number of aromatic nitrogens is 1. The number of rotatable bonds is 9. The number of hydrogen-bond acceptors (Lipinski definition) is 3. The number of pyridine rings is 1. The maximum absolute atomic E-state index is 13.2. The van der Waals surface area contributed by atoms with Gasteiger partial charge in [0.15, 0.2) is 11.3 Å². The average molecular weight is 438 g/mol. The summed E-state index contributed by atoms with van der Waals surface area (Å²) < 4.78 is 11.8. The molecule has 1 unspecified atom stereocenters. The summed E-state index contributed by atoms with van der Waals surface area (Å²) in [6.07, 6.45) is 13.5. The molecule has 1 aromatic heterocycles. The maximum Gasteiger partial charge on any atom is 0.194 e. The third kappa shape index (κ3) is 6.25. The van der Waals surface area contributed by atoms with E-state index in [0.717, 1.165) is 62.8 Å². The molecule has 0 spiro atoms. The number of H-pyrrole nitrogens is 1. The predicted octanol–water partition coefficient (Wildman–Crippen LogP) is 6.11. The molecule has 4 nitrogen and oxygen atoms in total. The predicted molar refractivity (Wildman–Crippen MR) is 130 cm³/mol. The Morgan fingerprint density at radius 1 is 0.938 bits per heavy atom. The molecule has 1 saturated heterocycles. The van der Waals surface area contributed by atoms with Crippen molar-refractivity contribution >= 4 is 0 Å². The second-order valence-corrected chi connectivity index (χ2v) is 9.59. The molecule has 2 aromatic rings. The Labute approximate surface area is 192 Å². The quantitative estimate of drug-likeness (QED) is 0.515. The highest BCUT2D eigenvalue weighted by atomic mass is 16.5. The molecule has 0 amide bonds. The molecule has 1 aliphatic heterocycles. The van der Waals surface area contributed by atoms with Gasteiger partial charge in [0, 0.05) is 23.9 Å². The Morgan fingerprint density at radius 3 is 2.34 bits per heavy atom. The van der Waals surface area contributed by atoms with Crippen molar-refractivity contribution in [3.05, 3.63) is 62.9 Å². The summed E-state index contributed by atoms with van der Waals surface area (Å²) in [6, 6.07) is 10.6. The van der Waals surface area contributed by atoms with Crippen molar-refractivity contribution in [2.45, 2.75) is 96.0 Å². The smallest absolute Gasteiger partial charge is 0.194 e. The van der Waals surface area contributed by atoms with Crippen LogP contribution in [0.4, 0.5) is 0 Å². The zero-order valence-corrected chi connectivity index (χ0v) is 19.7. The van der Waals surface area contributed by atoms with E-state index in [1.807, 2.05) is 0 Å². The molecule has 1 aliphatic carbocycles. The zero-order chi connectivity index (χ0) is 22.2. The van der Waals surface area contributed by atoms with Crippen molar-refractivity contribution in [2.24, 2.45) is 0 Å². The lowest BCUT2D eigenvalue weighted by molar-refractivity contribution is -0.0120. The van der Waals surface area contributed by atoms with Gasteiger partial charge in [-0.25, -0.2) is 0 Å². The number of ether oxygens (including phenoxy) is 2. The first kappa shape index (κ1) is 23.1. The van der Waals surface area contributed by atoms with E-state index in [4.69, 9.17) is 9.47 Å². The Hall–Kier alpha value is -2.07. The lowest BCUT2D eigenvalue weighted by Crippen LogP contribution is -2.27. The van der Waals surface area contributed by atoms with Crippen LogP contribution in [0.15, 0.2) is 35.1 Å². The van der Waals surface area contributed by atoms with Crippen LogP contribution < -0.4 is 10.2 Å². The maximum atomic E-state index is 13.2. The average Bonchev–Trinajstić information content (AvgIpc) is 2.83. The van der Waals surface area contributed by atoms with Crippen LogP contribution in [0.2, 0.25) is 0 Å². The molecule has 2 fully saturated rings. The van der Waals surface area contributed by atoms with E-state index in [1.54, 1.807) is 6.07 Å². The van der Waals surface area contributed by atoms with Crippen molar-refractivity contribution in [1.29, 1.82) is 0 Å². The zero-order valence-electron chi connectivity index (χ0n) is 19.7. The second kappa shape index (κ2) is 11.7. The summed E-state index contributed by atoms with van der Waals surface area (Å²) in [7, 11) is 0. The summed E-state index contributed by atoms with van der Waals surface area (Å²) in [6.45, 7) is 3.54. The van der Waals surface area contributed by atoms with Crippen LogP contribution in [-0.2, 0) is 24.0 Å². The molecule has 1 aromatic carbocycles. The van der Waals surface area contributed by atoms with Crippen molar-refractivity contribution in [3.8, 4) is 5.88 Å². The molecule has 174 valence electrons. The van der Waals surface area contributed by atoms with Gasteiger partial charge < -0.3 is 14.5 Å². The van der Waals surface area contributed by atoms with E-state index in [9.17, 15) is 4.79 Å². The second-order valence-electron chi connectivity index (χ2n) is 9.59. The minimum absolute atomic E-state index is 0.135. The number of aryl methyl sites for hydroxylation is 3.